The molecule has 0 saturated carbocycles. The molecule has 0 bridgehead atoms. The Morgan fingerprint density at radius 2 is 2.11 bits per heavy atom. The van der Waals surface area contributed by atoms with Crippen LogP contribution in [0.25, 0.3) is 10.9 Å². The molecule has 0 spiro atoms. The van der Waals surface area contributed by atoms with Gasteiger partial charge in [-0.05, 0) is 24.0 Å². The Labute approximate surface area is 108 Å². The molecule has 3 nitrogen and oxygen atoms in total. The van der Waals surface area contributed by atoms with Crippen LogP contribution in [0.5, 0.6) is 0 Å². The number of nitrogens with one attached hydrogen (secondary N) is 1. The summed E-state index contributed by atoms with van der Waals surface area (Å²) in [5, 5.41) is 1.10. The van der Waals surface area contributed by atoms with E-state index in [0.29, 0.717) is 5.92 Å². The lowest BCUT2D eigenvalue weighted by Gasteiger charge is -2.13. The normalized spacial score (nSPS) is 11.2. The molecule has 0 aliphatic heterocycles. The fourth-order valence-electron chi connectivity index (χ4n) is 2.21. The molecular weight excluding hydrogens is 222 g/mol. The van der Waals surface area contributed by atoms with Crippen LogP contribution in [0.2, 0.25) is 0 Å². The van der Waals surface area contributed by atoms with Crippen molar-refractivity contribution in [3.63, 3.8) is 0 Å². The average Bonchev–Trinajstić information content (AvgIpc) is 2.38. The van der Waals surface area contributed by atoms with E-state index in [0.717, 1.165) is 35.1 Å². The number of aromatic nitrogens is 1. The first-order chi connectivity index (χ1) is 8.67. The smallest absolute Gasteiger partial charge is 0.0758 e. The minimum atomic E-state index is 0.399. The number of rotatable bonds is 4. The van der Waals surface area contributed by atoms with E-state index in [1.807, 2.05) is 6.07 Å². The molecule has 96 valence electrons. The molecule has 0 radical (unpaired) electrons. The Balaban J connectivity index is 2.71. The van der Waals surface area contributed by atoms with Crippen LogP contribution >= 0.6 is 0 Å². The fraction of sp³-hybridized carbons (Fsp3) is 0.400. The summed E-state index contributed by atoms with van der Waals surface area (Å²) in [6.45, 7) is 6.49. The molecule has 0 aliphatic carbocycles. The molecule has 0 amide bonds. The van der Waals surface area contributed by atoms with E-state index in [4.69, 9.17) is 10.8 Å². The maximum Gasteiger partial charge on any atom is 0.0758 e. The third-order valence-corrected chi connectivity index (χ3v) is 3.21. The maximum absolute atomic E-state index is 5.63. The number of aryl methyl sites for hydroxylation is 1. The second kappa shape index (κ2) is 5.36. The van der Waals surface area contributed by atoms with Crippen molar-refractivity contribution in [2.45, 2.75) is 39.5 Å². The summed E-state index contributed by atoms with van der Waals surface area (Å²) in [4.78, 5) is 4.81. The molecule has 0 fully saturated rings. The van der Waals surface area contributed by atoms with Crippen LogP contribution in [0.3, 0.4) is 0 Å². The van der Waals surface area contributed by atoms with Gasteiger partial charge in [0.05, 0.1) is 11.2 Å². The van der Waals surface area contributed by atoms with Crippen LogP contribution in [-0.2, 0) is 6.42 Å². The fourth-order valence-corrected chi connectivity index (χ4v) is 2.21. The van der Waals surface area contributed by atoms with Crippen molar-refractivity contribution in [1.82, 2.24) is 4.98 Å². The number of nitrogens with zero attached hydrogens (tertiary/aromatic N) is 1. The van der Waals surface area contributed by atoms with E-state index in [-0.39, 0.29) is 0 Å². The van der Waals surface area contributed by atoms with Crippen LogP contribution in [0, 0.1) is 0 Å². The molecule has 2 rings (SSSR count). The van der Waals surface area contributed by atoms with Crippen LogP contribution in [-0.4, -0.2) is 4.98 Å². The minimum Gasteiger partial charge on any atom is -0.323 e. The van der Waals surface area contributed by atoms with E-state index in [9.17, 15) is 0 Å². The van der Waals surface area contributed by atoms with Crippen LogP contribution < -0.4 is 11.3 Å². The van der Waals surface area contributed by atoms with Crippen molar-refractivity contribution < 1.29 is 0 Å². The van der Waals surface area contributed by atoms with Crippen molar-refractivity contribution in [1.29, 1.82) is 0 Å². The SMILES string of the molecule is CCCc1cccc2c(NN)cc(C(C)C)nc12. The van der Waals surface area contributed by atoms with E-state index >= 15 is 0 Å². The minimum absolute atomic E-state index is 0.399. The molecule has 2 aromatic rings. The lowest BCUT2D eigenvalue weighted by molar-refractivity contribution is 0.828. The Morgan fingerprint density at radius 1 is 1.33 bits per heavy atom. The Morgan fingerprint density at radius 3 is 2.72 bits per heavy atom. The summed E-state index contributed by atoms with van der Waals surface area (Å²) in [6.07, 6.45) is 2.17. The monoisotopic (exact) mass is 243 g/mol. The van der Waals surface area contributed by atoms with Crippen molar-refractivity contribution in [3.05, 3.63) is 35.5 Å². The molecule has 18 heavy (non-hydrogen) atoms. The van der Waals surface area contributed by atoms with Crippen LogP contribution in [0.4, 0.5) is 5.69 Å². The maximum atomic E-state index is 5.63. The molecule has 0 saturated heterocycles. The largest absolute Gasteiger partial charge is 0.323 e. The van der Waals surface area contributed by atoms with Gasteiger partial charge in [0, 0.05) is 11.1 Å². The Kier molecular flexibility index (Phi) is 3.82. The van der Waals surface area contributed by atoms with Gasteiger partial charge in [0.15, 0.2) is 0 Å². The number of benzene rings is 1. The van der Waals surface area contributed by atoms with Crippen molar-refractivity contribution in [3.8, 4) is 0 Å². The van der Waals surface area contributed by atoms with E-state index < -0.39 is 0 Å². The number of para-hydroxylation sites is 1. The lowest BCUT2D eigenvalue weighted by atomic mass is 10.0. The second-order valence-corrected chi connectivity index (χ2v) is 4.96. The summed E-state index contributed by atoms with van der Waals surface area (Å²) < 4.78 is 0. The number of hydrogen-bond donors (Lipinski definition) is 2. The number of pyridine rings is 1. The molecule has 1 heterocycles. The summed E-state index contributed by atoms with van der Waals surface area (Å²) in [5.41, 5.74) is 7.22. The van der Waals surface area contributed by atoms with Crippen molar-refractivity contribution in [2.75, 3.05) is 5.43 Å². The van der Waals surface area contributed by atoms with E-state index in [2.05, 4.69) is 44.4 Å². The van der Waals surface area contributed by atoms with Gasteiger partial charge in [-0.3, -0.25) is 10.8 Å². The molecular formula is C15H21N3. The average molecular weight is 243 g/mol. The van der Waals surface area contributed by atoms with Gasteiger partial charge in [-0.15, -0.1) is 0 Å². The van der Waals surface area contributed by atoms with Gasteiger partial charge in [-0.25, -0.2) is 0 Å². The van der Waals surface area contributed by atoms with Gasteiger partial charge < -0.3 is 5.43 Å². The zero-order chi connectivity index (χ0) is 13.1. The van der Waals surface area contributed by atoms with Crippen LogP contribution in [0.1, 0.15) is 44.4 Å². The van der Waals surface area contributed by atoms with Crippen molar-refractivity contribution in [2.24, 2.45) is 5.84 Å². The quantitative estimate of drug-likeness (QED) is 0.637. The van der Waals surface area contributed by atoms with Crippen molar-refractivity contribution >= 4 is 16.6 Å². The van der Waals surface area contributed by atoms with Crippen LogP contribution in [0.15, 0.2) is 24.3 Å². The molecule has 0 atom stereocenters. The first kappa shape index (κ1) is 12.8. The van der Waals surface area contributed by atoms with Gasteiger partial charge in [0.25, 0.3) is 0 Å². The van der Waals surface area contributed by atoms with Gasteiger partial charge in [0.2, 0.25) is 0 Å². The van der Waals surface area contributed by atoms with Gasteiger partial charge in [-0.2, -0.15) is 0 Å². The number of nitrogens with two attached hydrogens (primary N) is 1. The predicted octanol–water partition coefficient (Wildman–Crippen LogP) is 3.60. The van der Waals surface area contributed by atoms with Gasteiger partial charge in [0.1, 0.15) is 0 Å². The number of hydrogen-bond acceptors (Lipinski definition) is 3. The first-order valence-corrected chi connectivity index (χ1v) is 6.56. The highest BCUT2D eigenvalue weighted by molar-refractivity contribution is 5.93. The third-order valence-electron chi connectivity index (χ3n) is 3.21. The molecule has 0 unspecified atom stereocenters. The van der Waals surface area contributed by atoms with E-state index in [1.165, 1.54) is 5.56 Å². The zero-order valence-corrected chi connectivity index (χ0v) is 11.3. The molecule has 1 aromatic heterocycles. The van der Waals surface area contributed by atoms with E-state index in [1.54, 1.807) is 0 Å². The molecule has 3 N–H and O–H groups in total. The summed E-state index contributed by atoms with van der Waals surface area (Å²) in [5.74, 6) is 6.03. The molecule has 3 heteroatoms. The van der Waals surface area contributed by atoms with Gasteiger partial charge >= 0.3 is 0 Å². The molecule has 1 aromatic carbocycles. The standard InChI is InChI=1S/C15H21N3/c1-4-6-11-7-5-8-12-14(18-16)9-13(10(2)3)17-15(11)12/h5,7-10H,4,6,16H2,1-3H3,(H,17,18). The lowest BCUT2D eigenvalue weighted by Crippen LogP contribution is -2.09. The predicted molar refractivity (Wildman–Crippen MR) is 77.6 cm³/mol. The molecule has 0 aliphatic rings. The second-order valence-electron chi connectivity index (χ2n) is 4.96. The number of anilines is 1. The summed E-state index contributed by atoms with van der Waals surface area (Å²) in [6, 6.07) is 8.34. The number of fused-ring (bicyclic) bond motifs is 1. The third kappa shape index (κ3) is 2.31. The summed E-state index contributed by atoms with van der Waals surface area (Å²) >= 11 is 0. The number of nitrogen functional groups attached to an aromatic ring is 1. The summed E-state index contributed by atoms with van der Waals surface area (Å²) in [7, 11) is 0. The first-order valence-electron chi connectivity index (χ1n) is 6.56. The highest BCUT2D eigenvalue weighted by atomic mass is 15.2. The number of hydrazine groups is 1. The highest BCUT2D eigenvalue weighted by Gasteiger charge is 2.10. The topological polar surface area (TPSA) is 50.9 Å². The van der Waals surface area contributed by atoms with Gasteiger partial charge in [-0.1, -0.05) is 45.4 Å². The highest BCUT2D eigenvalue weighted by Crippen LogP contribution is 2.28. The zero-order valence-electron chi connectivity index (χ0n) is 11.3. The Bertz CT molecular complexity index is 547. The Hall–Kier alpha value is -1.61.